The van der Waals surface area contributed by atoms with Crippen LogP contribution in [-0.4, -0.2) is 37.3 Å². The summed E-state index contributed by atoms with van der Waals surface area (Å²) in [5, 5.41) is 15.3. The van der Waals surface area contributed by atoms with Gasteiger partial charge in [0.05, 0.1) is 19.8 Å². The molecule has 0 heterocycles. The molecule has 0 aliphatic rings. The average Bonchev–Trinajstić information content (AvgIpc) is 2.39. The maximum atomic E-state index is 11.6. The summed E-state index contributed by atoms with van der Waals surface area (Å²) in [7, 11) is 1.59. The lowest BCUT2D eigenvalue weighted by molar-refractivity contribution is -0.115. The Morgan fingerprint density at radius 2 is 1.95 bits per heavy atom. The van der Waals surface area contributed by atoms with Crippen LogP contribution in [0, 0.1) is 5.92 Å². The van der Waals surface area contributed by atoms with Crippen LogP contribution in [0.3, 0.4) is 0 Å². The zero-order chi connectivity index (χ0) is 14.3. The Morgan fingerprint density at radius 3 is 2.47 bits per heavy atom. The van der Waals surface area contributed by atoms with Crippen molar-refractivity contribution >= 4 is 11.6 Å². The lowest BCUT2D eigenvalue weighted by atomic mass is 10.1. The Morgan fingerprint density at radius 1 is 1.32 bits per heavy atom. The Bertz CT molecular complexity index is 390. The first-order valence-corrected chi connectivity index (χ1v) is 6.35. The van der Waals surface area contributed by atoms with Crippen molar-refractivity contribution in [2.24, 2.45) is 5.92 Å². The molecule has 19 heavy (non-hydrogen) atoms. The summed E-state index contributed by atoms with van der Waals surface area (Å²) >= 11 is 0. The van der Waals surface area contributed by atoms with Gasteiger partial charge in [0.2, 0.25) is 5.91 Å². The highest BCUT2D eigenvalue weighted by Crippen LogP contribution is 2.14. The maximum absolute atomic E-state index is 11.6. The van der Waals surface area contributed by atoms with Crippen LogP contribution >= 0.6 is 0 Å². The zero-order valence-corrected chi connectivity index (χ0v) is 11.6. The van der Waals surface area contributed by atoms with Gasteiger partial charge < -0.3 is 20.5 Å². The number of nitrogens with one attached hydrogen (secondary N) is 2. The van der Waals surface area contributed by atoms with Crippen molar-refractivity contribution in [3.63, 3.8) is 0 Å². The second-order valence-electron chi connectivity index (χ2n) is 4.72. The molecule has 1 amide bonds. The Labute approximate surface area is 114 Å². The van der Waals surface area contributed by atoms with Gasteiger partial charge in [0.1, 0.15) is 5.75 Å². The summed E-state index contributed by atoms with van der Waals surface area (Å²) in [6.07, 6.45) is -0.436. The number of aliphatic hydroxyl groups excluding tert-OH is 1. The minimum absolute atomic E-state index is 0.138. The number of hydrogen-bond acceptors (Lipinski definition) is 4. The van der Waals surface area contributed by atoms with Crippen LogP contribution in [0.25, 0.3) is 0 Å². The van der Waals surface area contributed by atoms with Crippen molar-refractivity contribution in [1.82, 2.24) is 5.32 Å². The van der Waals surface area contributed by atoms with Gasteiger partial charge in [-0.05, 0) is 30.2 Å². The summed E-state index contributed by atoms with van der Waals surface area (Å²) in [6.45, 7) is 4.46. The molecule has 1 aromatic rings. The van der Waals surface area contributed by atoms with Gasteiger partial charge in [0.25, 0.3) is 0 Å². The first kappa shape index (κ1) is 15.5. The highest BCUT2D eigenvalue weighted by molar-refractivity contribution is 5.92. The average molecular weight is 266 g/mol. The van der Waals surface area contributed by atoms with Crippen LogP contribution in [0.2, 0.25) is 0 Å². The van der Waals surface area contributed by atoms with E-state index >= 15 is 0 Å². The normalized spacial score (nSPS) is 12.3. The Hall–Kier alpha value is -1.59. The van der Waals surface area contributed by atoms with Gasteiger partial charge in [-0.3, -0.25) is 4.79 Å². The molecule has 106 valence electrons. The smallest absolute Gasteiger partial charge is 0.238 e. The number of rotatable bonds is 7. The van der Waals surface area contributed by atoms with E-state index in [1.54, 1.807) is 31.4 Å². The topological polar surface area (TPSA) is 70.6 Å². The first-order valence-electron chi connectivity index (χ1n) is 6.35. The van der Waals surface area contributed by atoms with Gasteiger partial charge in [0.15, 0.2) is 0 Å². The van der Waals surface area contributed by atoms with E-state index in [-0.39, 0.29) is 18.4 Å². The number of aliphatic hydroxyl groups is 1. The molecule has 0 bridgehead atoms. The van der Waals surface area contributed by atoms with E-state index in [1.165, 1.54) is 0 Å². The van der Waals surface area contributed by atoms with Crippen molar-refractivity contribution in [2.45, 2.75) is 20.0 Å². The van der Waals surface area contributed by atoms with Gasteiger partial charge in [-0.25, -0.2) is 0 Å². The number of hydrogen-bond donors (Lipinski definition) is 3. The highest BCUT2D eigenvalue weighted by Gasteiger charge is 2.09. The first-order chi connectivity index (χ1) is 9.02. The van der Waals surface area contributed by atoms with E-state index in [0.29, 0.717) is 6.54 Å². The number of amides is 1. The summed E-state index contributed by atoms with van der Waals surface area (Å²) < 4.78 is 5.03. The van der Waals surface area contributed by atoms with E-state index in [4.69, 9.17) is 4.74 Å². The molecule has 0 saturated heterocycles. The minimum Gasteiger partial charge on any atom is -0.497 e. The predicted molar refractivity (Wildman–Crippen MR) is 75.3 cm³/mol. The van der Waals surface area contributed by atoms with Gasteiger partial charge in [0, 0.05) is 12.2 Å². The van der Waals surface area contributed by atoms with E-state index in [2.05, 4.69) is 10.6 Å². The zero-order valence-electron chi connectivity index (χ0n) is 11.6. The molecule has 1 unspecified atom stereocenters. The number of carbonyl (C=O) groups excluding carboxylic acids is 1. The van der Waals surface area contributed by atoms with Crippen molar-refractivity contribution < 1.29 is 14.6 Å². The lowest BCUT2D eigenvalue weighted by Crippen LogP contribution is -2.35. The maximum Gasteiger partial charge on any atom is 0.238 e. The fourth-order valence-electron chi connectivity index (χ4n) is 1.45. The molecule has 1 atom stereocenters. The quantitative estimate of drug-likeness (QED) is 0.694. The molecule has 5 nitrogen and oxygen atoms in total. The SMILES string of the molecule is COc1ccc(NC(=O)CNCC(O)C(C)C)cc1. The number of anilines is 1. The van der Waals surface area contributed by atoms with Crippen LogP contribution in [0.15, 0.2) is 24.3 Å². The fourth-order valence-corrected chi connectivity index (χ4v) is 1.45. The minimum atomic E-state index is -0.436. The molecule has 0 fully saturated rings. The van der Waals surface area contributed by atoms with Gasteiger partial charge in [-0.2, -0.15) is 0 Å². The third-order valence-corrected chi connectivity index (χ3v) is 2.78. The molecule has 0 radical (unpaired) electrons. The Kier molecular flexibility index (Phi) is 6.32. The molecule has 1 rings (SSSR count). The summed E-state index contributed by atoms with van der Waals surface area (Å²) in [5.41, 5.74) is 0.719. The van der Waals surface area contributed by atoms with E-state index in [9.17, 15) is 9.90 Å². The lowest BCUT2D eigenvalue weighted by Gasteiger charge is -2.14. The van der Waals surface area contributed by atoms with Crippen molar-refractivity contribution in [3.8, 4) is 5.75 Å². The van der Waals surface area contributed by atoms with E-state index in [0.717, 1.165) is 11.4 Å². The predicted octanol–water partition coefficient (Wildman–Crippen LogP) is 1.24. The molecule has 0 aromatic heterocycles. The van der Waals surface area contributed by atoms with Gasteiger partial charge >= 0.3 is 0 Å². The molecule has 0 aliphatic heterocycles. The second kappa shape index (κ2) is 7.76. The van der Waals surface area contributed by atoms with Crippen LogP contribution in [0.1, 0.15) is 13.8 Å². The number of carbonyl (C=O) groups is 1. The largest absolute Gasteiger partial charge is 0.497 e. The van der Waals surface area contributed by atoms with Crippen molar-refractivity contribution in [3.05, 3.63) is 24.3 Å². The molecule has 0 saturated carbocycles. The fraction of sp³-hybridized carbons (Fsp3) is 0.500. The molecule has 0 spiro atoms. The van der Waals surface area contributed by atoms with Crippen LogP contribution in [0.5, 0.6) is 5.75 Å². The van der Waals surface area contributed by atoms with Gasteiger partial charge in [-0.1, -0.05) is 13.8 Å². The molecular weight excluding hydrogens is 244 g/mol. The Balaban J connectivity index is 2.30. The third kappa shape index (κ3) is 5.72. The molecule has 1 aromatic carbocycles. The van der Waals surface area contributed by atoms with Gasteiger partial charge in [-0.15, -0.1) is 0 Å². The van der Waals surface area contributed by atoms with Crippen molar-refractivity contribution in [2.75, 3.05) is 25.5 Å². The summed E-state index contributed by atoms with van der Waals surface area (Å²) in [6, 6.07) is 7.12. The van der Waals surface area contributed by atoms with E-state index in [1.807, 2.05) is 13.8 Å². The molecule has 5 heteroatoms. The van der Waals surface area contributed by atoms with Crippen LogP contribution in [0.4, 0.5) is 5.69 Å². The number of benzene rings is 1. The van der Waals surface area contributed by atoms with Crippen LogP contribution in [-0.2, 0) is 4.79 Å². The molecule has 3 N–H and O–H groups in total. The van der Waals surface area contributed by atoms with Crippen molar-refractivity contribution in [1.29, 1.82) is 0 Å². The molecule has 0 aliphatic carbocycles. The number of methoxy groups -OCH3 is 1. The van der Waals surface area contributed by atoms with Crippen LogP contribution < -0.4 is 15.4 Å². The molecular formula is C14H22N2O3. The van der Waals surface area contributed by atoms with E-state index < -0.39 is 6.10 Å². The number of ether oxygens (including phenoxy) is 1. The third-order valence-electron chi connectivity index (χ3n) is 2.78. The summed E-state index contributed by atoms with van der Waals surface area (Å²) in [4.78, 5) is 11.6. The monoisotopic (exact) mass is 266 g/mol. The second-order valence-corrected chi connectivity index (χ2v) is 4.72. The summed E-state index contributed by atoms with van der Waals surface area (Å²) in [5.74, 6) is 0.787. The standard InChI is InChI=1S/C14H22N2O3/c1-10(2)13(17)8-15-9-14(18)16-11-4-6-12(19-3)7-5-11/h4-7,10,13,15,17H,8-9H2,1-3H3,(H,16,18). The highest BCUT2D eigenvalue weighted by atomic mass is 16.5.